The van der Waals surface area contributed by atoms with Crippen LogP contribution in [-0.4, -0.2) is 22.5 Å². The van der Waals surface area contributed by atoms with E-state index in [1.54, 1.807) is 4.90 Å². The van der Waals surface area contributed by atoms with Crippen molar-refractivity contribution in [3.05, 3.63) is 101 Å². The number of hydrogen-bond donors (Lipinski definition) is 1. The summed E-state index contributed by atoms with van der Waals surface area (Å²) in [6, 6.07) is 21.8. The quantitative estimate of drug-likeness (QED) is 0.497. The number of carboxylic acids is 1. The highest BCUT2D eigenvalue weighted by Crippen LogP contribution is 2.29. The highest BCUT2D eigenvalue weighted by molar-refractivity contribution is 5.69. The molecule has 0 saturated heterocycles. The molecule has 31 heavy (non-hydrogen) atoms. The van der Waals surface area contributed by atoms with E-state index in [1.165, 1.54) is 12.1 Å². The minimum Gasteiger partial charge on any atom is -0.489 e. The van der Waals surface area contributed by atoms with Gasteiger partial charge >= 0.3 is 12.1 Å². The topological polar surface area (TPSA) is 49.8 Å². The van der Waals surface area contributed by atoms with Gasteiger partial charge < -0.3 is 9.84 Å². The van der Waals surface area contributed by atoms with Crippen LogP contribution in [0.2, 0.25) is 0 Å². The Bertz CT molecular complexity index is 972. The van der Waals surface area contributed by atoms with E-state index in [9.17, 15) is 23.1 Å². The van der Waals surface area contributed by atoms with Crippen LogP contribution in [0, 0.1) is 0 Å². The third-order valence-corrected chi connectivity index (χ3v) is 4.62. The molecular weight excluding hydrogens is 407 g/mol. The Morgan fingerprint density at radius 3 is 1.87 bits per heavy atom. The van der Waals surface area contributed by atoms with Crippen molar-refractivity contribution in [3.8, 4) is 5.75 Å². The molecule has 0 fully saturated rings. The second-order valence-electron chi connectivity index (χ2n) is 7.15. The molecule has 3 aromatic rings. The number of rotatable bonds is 9. The van der Waals surface area contributed by atoms with Crippen LogP contribution in [0.4, 0.5) is 13.2 Å². The van der Waals surface area contributed by atoms with E-state index < -0.39 is 17.7 Å². The van der Waals surface area contributed by atoms with Gasteiger partial charge in [-0.3, -0.25) is 9.69 Å². The molecule has 0 amide bonds. The molecule has 0 atom stereocenters. The molecule has 162 valence electrons. The average Bonchev–Trinajstić information content (AvgIpc) is 2.73. The summed E-state index contributed by atoms with van der Waals surface area (Å²) in [5, 5.41) is 9.20. The molecule has 0 aliphatic rings. The van der Waals surface area contributed by atoms with Crippen molar-refractivity contribution in [2.45, 2.75) is 25.9 Å². The zero-order chi connectivity index (χ0) is 22.3. The van der Waals surface area contributed by atoms with Crippen LogP contribution in [0.1, 0.15) is 22.3 Å². The van der Waals surface area contributed by atoms with E-state index in [2.05, 4.69) is 0 Å². The van der Waals surface area contributed by atoms with Crippen LogP contribution >= 0.6 is 0 Å². The normalized spacial score (nSPS) is 11.5. The number of carbonyl (C=O) groups is 1. The maximum absolute atomic E-state index is 12.7. The Balaban J connectivity index is 1.61. The molecule has 0 aliphatic heterocycles. The van der Waals surface area contributed by atoms with Crippen molar-refractivity contribution < 1.29 is 27.8 Å². The number of alkyl halides is 3. The first-order valence-corrected chi connectivity index (χ1v) is 9.65. The standard InChI is InChI=1S/C24H22F3NO3/c25-24(26,27)21-10-6-18(7-11-21)14-28(16-23(29)30)15-19-8-12-22(13-9-19)31-17-20-4-2-1-3-5-20/h1-13H,14-17H2,(H,29,30). The van der Waals surface area contributed by atoms with Gasteiger partial charge in [-0.1, -0.05) is 54.6 Å². The lowest BCUT2D eigenvalue weighted by molar-refractivity contribution is -0.139. The van der Waals surface area contributed by atoms with Crippen molar-refractivity contribution in [2.24, 2.45) is 0 Å². The second kappa shape index (κ2) is 10.1. The molecule has 1 N–H and O–H groups in total. The van der Waals surface area contributed by atoms with Gasteiger partial charge in [0.05, 0.1) is 12.1 Å². The second-order valence-corrected chi connectivity index (χ2v) is 7.15. The Labute approximate surface area is 178 Å². The number of halogens is 3. The van der Waals surface area contributed by atoms with Crippen LogP contribution in [-0.2, 0) is 30.7 Å². The maximum atomic E-state index is 12.7. The summed E-state index contributed by atoms with van der Waals surface area (Å²) >= 11 is 0. The van der Waals surface area contributed by atoms with Crippen molar-refractivity contribution in [3.63, 3.8) is 0 Å². The van der Waals surface area contributed by atoms with Gasteiger partial charge in [0, 0.05) is 13.1 Å². The predicted molar refractivity (Wildman–Crippen MR) is 110 cm³/mol. The summed E-state index contributed by atoms with van der Waals surface area (Å²) in [5.74, 6) is -0.310. The highest BCUT2D eigenvalue weighted by Gasteiger charge is 2.30. The van der Waals surface area contributed by atoms with Gasteiger partial charge in [0.2, 0.25) is 0 Å². The fourth-order valence-corrected chi connectivity index (χ4v) is 3.11. The van der Waals surface area contributed by atoms with Crippen LogP contribution in [0.15, 0.2) is 78.9 Å². The molecule has 0 spiro atoms. The molecule has 0 radical (unpaired) electrons. The average molecular weight is 429 g/mol. The van der Waals surface area contributed by atoms with Gasteiger partial charge in [0.15, 0.2) is 0 Å². The van der Waals surface area contributed by atoms with Crippen LogP contribution in [0.5, 0.6) is 5.75 Å². The molecule has 3 rings (SSSR count). The summed E-state index contributed by atoms with van der Waals surface area (Å²) in [7, 11) is 0. The molecule has 0 heterocycles. The Kier molecular flexibility index (Phi) is 7.31. The van der Waals surface area contributed by atoms with Crippen molar-refractivity contribution in [1.82, 2.24) is 4.90 Å². The number of nitrogens with zero attached hydrogens (tertiary/aromatic N) is 1. The fraction of sp³-hybridized carbons (Fsp3) is 0.208. The number of aliphatic carboxylic acids is 1. The lowest BCUT2D eigenvalue weighted by Gasteiger charge is -2.21. The molecule has 0 aromatic heterocycles. The SMILES string of the molecule is O=C(O)CN(Cc1ccc(OCc2ccccc2)cc1)Cc1ccc(C(F)(F)F)cc1. The molecule has 0 aliphatic carbocycles. The number of carboxylic acid groups (broad SMARTS) is 1. The summed E-state index contributed by atoms with van der Waals surface area (Å²) in [5.41, 5.74) is 1.81. The number of hydrogen-bond acceptors (Lipinski definition) is 3. The van der Waals surface area contributed by atoms with Gasteiger partial charge in [-0.05, 0) is 41.0 Å². The first kappa shape index (κ1) is 22.4. The minimum absolute atomic E-state index is 0.219. The lowest BCUT2D eigenvalue weighted by Crippen LogP contribution is -2.29. The predicted octanol–water partition coefficient (Wildman–Crippen LogP) is 5.37. The zero-order valence-corrected chi connectivity index (χ0v) is 16.7. The fourth-order valence-electron chi connectivity index (χ4n) is 3.11. The maximum Gasteiger partial charge on any atom is 0.416 e. The Hall–Kier alpha value is -3.32. The summed E-state index contributed by atoms with van der Waals surface area (Å²) in [6.45, 7) is 0.773. The minimum atomic E-state index is -4.40. The largest absolute Gasteiger partial charge is 0.489 e. The first-order valence-electron chi connectivity index (χ1n) is 9.65. The Morgan fingerprint density at radius 1 is 0.806 bits per heavy atom. The van der Waals surface area contributed by atoms with Gasteiger partial charge in [0.1, 0.15) is 12.4 Å². The summed E-state index contributed by atoms with van der Waals surface area (Å²) < 4.78 is 43.9. The molecule has 3 aromatic carbocycles. The lowest BCUT2D eigenvalue weighted by atomic mass is 10.1. The van der Waals surface area contributed by atoms with E-state index in [4.69, 9.17) is 4.74 Å². The number of benzene rings is 3. The first-order chi connectivity index (χ1) is 14.8. The van der Waals surface area contributed by atoms with Crippen molar-refractivity contribution >= 4 is 5.97 Å². The third-order valence-electron chi connectivity index (χ3n) is 4.62. The van der Waals surface area contributed by atoms with E-state index in [-0.39, 0.29) is 13.1 Å². The van der Waals surface area contributed by atoms with Crippen LogP contribution in [0.25, 0.3) is 0 Å². The van der Waals surface area contributed by atoms with E-state index in [0.29, 0.717) is 24.5 Å². The van der Waals surface area contributed by atoms with Gasteiger partial charge in [-0.25, -0.2) is 0 Å². The van der Waals surface area contributed by atoms with Gasteiger partial charge in [-0.15, -0.1) is 0 Å². The number of ether oxygens (including phenoxy) is 1. The smallest absolute Gasteiger partial charge is 0.416 e. The van der Waals surface area contributed by atoms with Crippen LogP contribution < -0.4 is 4.74 Å². The summed E-state index contributed by atoms with van der Waals surface area (Å²) in [4.78, 5) is 12.9. The monoisotopic (exact) mass is 429 g/mol. The van der Waals surface area contributed by atoms with Crippen molar-refractivity contribution in [2.75, 3.05) is 6.54 Å². The van der Waals surface area contributed by atoms with E-state index >= 15 is 0 Å². The third kappa shape index (κ3) is 7.15. The molecule has 4 nitrogen and oxygen atoms in total. The Morgan fingerprint density at radius 2 is 1.35 bits per heavy atom. The molecule has 0 saturated carbocycles. The van der Waals surface area contributed by atoms with Gasteiger partial charge in [-0.2, -0.15) is 13.2 Å². The summed E-state index contributed by atoms with van der Waals surface area (Å²) in [6.07, 6.45) is -4.40. The van der Waals surface area contributed by atoms with Crippen LogP contribution in [0.3, 0.4) is 0 Å². The molecule has 7 heteroatoms. The van der Waals surface area contributed by atoms with Crippen molar-refractivity contribution in [1.29, 1.82) is 0 Å². The molecular formula is C24H22F3NO3. The molecule has 0 unspecified atom stereocenters. The zero-order valence-electron chi connectivity index (χ0n) is 16.7. The van der Waals surface area contributed by atoms with E-state index in [0.717, 1.165) is 23.3 Å². The van der Waals surface area contributed by atoms with E-state index in [1.807, 2.05) is 54.6 Å². The van der Waals surface area contributed by atoms with Gasteiger partial charge in [0.25, 0.3) is 0 Å². The highest BCUT2D eigenvalue weighted by atomic mass is 19.4. The molecule has 0 bridgehead atoms.